The minimum absolute atomic E-state index is 0.0490. The predicted molar refractivity (Wildman–Crippen MR) is 125 cm³/mol. The summed E-state index contributed by atoms with van der Waals surface area (Å²) in [6, 6.07) is 14.7. The minimum Gasteiger partial charge on any atom is -0.490 e. The molecule has 5 nitrogen and oxygen atoms in total. The zero-order chi connectivity index (χ0) is 24.5. The van der Waals surface area contributed by atoms with Gasteiger partial charge in [0.2, 0.25) is 0 Å². The van der Waals surface area contributed by atoms with Crippen LogP contribution in [0.3, 0.4) is 0 Å². The van der Waals surface area contributed by atoms with Crippen molar-refractivity contribution >= 4 is 17.2 Å². The molecule has 1 saturated heterocycles. The van der Waals surface area contributed by atoms with Gasteiger partial charge in [-0.25, -0.2) is 0 Å². The van der Waals surface area contributed by atoms with Crippen molar-refractivity contribution in [3.8, 4) is 5.75 Å². The van der Waals surface area contributed by atoms with Gasteiger partial charge in [0.25, 0.3) is 0 Å². The monoisotopic (exact) mass is 474 g/mol. The first-order chi connectivity index (χ1) is 16.1. The van der Waals surface area contributed by atoms with Crippen LogP contribution in [0.1, 0.15) is 43.9 Å². The van der Waals surface area contributed by atoms with E-state index in [0.29, 0.717) is 22.8 Å². The first-order valence-corrected chi connectivity index (χ1v) is 11.4. The summed E-state index contributed by atoms with van der Waals surface area (Å²) in [5.74, 6) is -1.39. The van der Waals surface area contributed by atoms with Crippen LogP contribution in [-0.2, 0) is 9.53 Å². The Balaban J connectivity index is 1.74. The van der Waals surface area contributed by atoms with E-state index in [1.165, 1.54) is 6.07 Å². The summed E-state index contributed by atoms with van der Waals surface area (Å²) < 4.78 is 51.5. The molecule has 2 heterocycles. The molecule has 4 rings (SSSR count). The molecule has 2 aromatic rings. The first-order valence-electron chi connectivity index (χ1n) is 11.4. The summed E-state index contributed by atoms with van der Waals surface area (Å²) in [6.45, 7) is 4.93. The number of ether oxygens (including phenoxy) is 2. The summed E-state index contributed by atoms with van der Waals surface area (Å²) in [6.07, 6.45) is -1.27. The van der Waals surface area contributed by atoms with Gasteiger partial charge < -0.3 is 19.7 Å². The lowest BCUT2D eigenvalue weighted by atomic mass is 9.81. The summed E-state index contributed by atoms with van der Waals surface area (Å²) >= 11 is 0. The van der Waals surface area contributed by atoms with Gasteiger partial charge >= 0.3 is 12.1 Å². The lowest BCUT2D eigenvalue weighted by molar-refractivity contribution is -0.170. The van der Waals surface area contributed by atoms with Gasteiger partial charge in [-0.1, -0.05) is 30.3 Å². The number of carbonyl (C=O) groups excluding carboxylic acids is 1. The van der Waals surface area contributed by atoms with Crippen LogP contribution in [0, 0.1) is 0 Å². The highest BCUT2D eigenvalue weighted by Gasteiger charge is 2.45. The highest BCUT2D eigenvalue weighted by atomic mass is 19.4. The largest absolute Gasteiger partial charge is 0.490 e. The average molecular weight is 475 g/mol. The van der Waals surface area contributed by atoms with Crippen molar-refractivity contribution < 1.29 is 27.4 Å². The Morgan fingerprint density at radius 1 is 1.21 bits per heavy atom. The molecule has 1 N–H and O–H groups in total. The number of nitrogens with one attached hydrogen (secondary N) is 1. The van der Waals surface area contributed by atoms with Gasteiger partial charge in [0.15, 0.2) is 0 Å². The van der Waals surface area contributed by atoms with Crippen molar-refractivity contribution in [3.63, 3.8) is 0 Å². The number of alkyl halides is 3. The van der Waals surface area contributed by atoms with Crippen molar-refractivity contribution in [3.05, 3.63) is 65.7 Å². The maximum Gasteiger partial charge on any atom is 0.471 e. The molecule has 1 amide bonds. The van der Waals surface area contributed by atoms with Crippen molar-refractivity contribution in [2.24, 2.45) is 0 Å². The second kappa shape index (κ2) is 9.43. The van der Waals surface area contributed by atoms with E-state index in [1.54, 1.807) is 12.1 Å². The number of carbonyl (C=O) groups is 1. The molecular weight excluding hydrogens is 445 g/mol. The van der Waals surface area contributed by atoms with E-state index in [2.05, 4.69) is 23.5 Å². The molecule has 8 heteroatoms. The van der Waals surface area contributed by atoms with Crippen molar-refractivity contribution in [1.29, 1.82) is 0 Å². The molecule has 0 radical (unpaired) electrons. The Kier molecular flexibility index (Phi) is 6.73. The van der Waals surface area contributed by atoms with E-state index in [1.807, 2.05) is 32.0 Å². The molecule has 2 aliphatic heterocycles. The van der Waals surface area contributed by atoms with Crippen LogP contribution < -0.4 is 15.0 Å². The van der Waals surface area contributed by atoms with Crippen molar-refractivity contribution in [2.45, 2.75) is 50.6 Å². The predicted octanol–water partition coefficient (Wildman–Crippen LogP) is 5.28. The molecule has 182 valence electrons. The van der Waals surface area contributed by atoms with Crippen molar-refractivity contribution in [1.82, 2.24) is 5.32 Å². The maximum absolute atomic E-state index is 13.0. The fourth-order valence-electron chi connectivity index (χ4n) is 4.67. The van der Waals surface area contributed by atoms with E-state index >= 15 is 0 Å². The number of rotatable bonds is 5. The van der Waals surface area contributed by atoms with Gasteiger partial charge in [0.05, 0.1) is 18.8 Å². The molecule has 0 aromatic heterocycles. The van der Waals surface area contributed by atoms with Crippen LogP contribution in [0.15, 0.2) is 54.6 Å². The lowest BCUT2D eigenvalue weighted by Crippen LogP contribution is -2.47. The number of benzene rings is 2. The minimum atomic E-state index is -4.96. The van der Waals surface area contributed by atoms with Gasteiger partial charge in [0.1, 0.15) is 11.4 Å². The number of halogens is 3. The first kappa shape index (κ1) is 24.3. The van der Waals surface area contributed by atoms with Crippen LogP contribution in [-0.4, -0.2) is 44.0 Å². The molecule has 2 aromatic carbocycles. The van der Waals surface area contributed by atoms with Gasteiger partial charge in [-0.3, -0.25) is 4.79 Å². The quantitative estimate of drug-likeness (QED) is 0.641. The average Bonchev–Trinajstić information content (AvgIpc) is 3.22. The Bertz CT molecular complexity index is 1070. The van der Waals surface area contributed by atoms with E-state index in [4.69, 9.17) is 9.47 Å². The third-order valence-corrected chi connectivity index (χ3v) is 6.24. The van der Waals surface area contributed by atoms with Crippen molar-refractivity contribution in [2.75, 3.05) is 25.1 Å². The molecule has 34 heavy (non-hydrogen) atoms. The zero-order valence-electron chi connectivity index (χ0n) is 19.5. The van der Waals surface area contributed by atoms with Crippen LogP contribution in [0.2, 0.25) is 0 Å². The molecule has 2 unspecified atom stereocenters. The normalized spacial score (nSPS) is 22.7. The fourth-order valence-corrected chi connectivity index (χ4v) is 4.67. The van der Waals surface area contributed by atoms with Gasteiger partial charge in [0, 0.05) is 18.3 Å². The summed E-state index contributed by atoms with van der Waals surface area (Å²) in [4.78, 5) is 12.4. The Morgan fingerprint density at radius 2 is 1.94 bits per heavy atom. The van der Waals surface area contributed by atoms with E-state index in [9.17, 15) is 18.0 Å². The molecule has 0 bridgehead atoms. The molecule has 2 atom stereocenters. The molecule has 2 aliphatic rings. The lowest BCUT2D eigenvalue weighted by Gasteiger charge is -2.40. The Hall–Kier alpha value is -2.84. The highest BCUT2D eigenvalue weighted by Crippen LogP contribution is 2.45. The van der Waals surface area contributed by atoms with Gasteiger partial charge in [-0.2, -0.15) is 13.2 Å². The second-order valence-electron chi connectivity index (χ2n) is 9.02. The number of hydrogen-bond donors (Lipinski definition) is 1. The third kappa shape index (κ3) is 4.83. The molecule has 0 saturated carbocycles. The SMILES string of the molecule is CC(C)Oc1ccc(N(C)C(=O)C(F)(F)F)cc1C1=CC2(CCCNC2c2ccccc2)OC1. The standard InChI is InChI=1S/C26H29F3N2O3/c1-17(2)34-22-11-10-20(31(3)24(32)26(27,28)29)14-21(22)19-15-25(33-16-19)12-7-13-30-23(25)18-8-5-4-6-9-18/h4-6,8-11,14-15,17,23,30H,7,12-13,16H2,1-3H3. The zero-order valence-corrected chi connectivity index (χ0v) is 19.5. The maximum atomic E-state index is 13.0. The Morgan fingerprint density at radius 3 is 2.62 bits per heavy atom. The van der Waals surface area contributed by atoms with Crippen LogP contribution in [0.4, 0.5) is 18.9 Å². The van der Waals surface area contributed by atoms with Crippen LogP contribution in [0.25, 0.3) is 5.57 Å². The number of hydrogen-bond acceptors (Lipinski definition) is 4. The second-order valence-corrected chi connectivity index (χ2v) is 9.02. The molecule has 1 fully saturated rings. The van der Waals surface area contributed by atoms with E-state index in [-0.39, 0.29) is 17.8 Å². The fraction of sp³-hybridized carbons (Fsp3) is 0.423. The van der Waals surface area contributed by atoms with E-state index in [0.717, 1.165) is 37.6 Å². The summed E-state index contributed by atoms with van der Waals surface area (Å²) in [7, 11) is 1.12. The number of amides is 1. The summed E-state index contributed by atoms with van der Waals surface area (Å²) in [5.41, 5.74) is 2.13. The van der Waals surface area contributed by atoms with Crippen LogP contribution >= 0.6 is 0 Å². The van der Waals surface area contributed by atoms with Crippen LogP contribution in [0.5, 0.6) is 5.75 Å². The van der Waals surface area contributed by atoms with Gasteiger partial charge in [-0.15, -0.1) is 0 Å². The third-order valence-electron chi connectivity index (χ3n) is 6.24. The molecule has 0 aliphatic carbocycles. The number of anilines is 1. The highest BCUT2D eigenvalue weighted by molar-refractivity contribution is 5.97. The topological polar surface area (TPSA) is 50.8 Å². The van der Waals surface area contributed by atoms with E-state index < -0.39 is 17.7 Å². The summed E-state index contributed by atoms with van der Waals surface area (Å²) in [5, 5.41) is 3.57. The molecular formula is C26H29F3N2O3. The molecule has 1 spiro atoms. The number of nitrogens with zero attached hydrogens (tertiary/aromatic N) is 1. The Labute approximate surface area is 197 Å². The van der Waals surface area contributed by atoms with Gasteiger partial charge in [-0.05, 0) is 68.6 Å². The number of piperidine rings is 1. The smallest absolute Gasteiger partial charge is 0.471 e.